The van der Waals surface area contributed by atoms with Gasteiger partial charge in [0.25, 0.3) is 0 Å². The fourth-order valence-electron chi connectivity index (χ4n) is 12.1. The molecule has 78 heavy (non-hydrogen) atoms. The second-order valence-corrected chi connectivity index (χ2v) is 20.4. The smallest absolute Gasteiger partial charge is 0.0713 e. The van der Waals surface area contributed by atoms with Gasteiger partial charge in [0.1, 0.15) is 0 Å². The van der Waals surface area contributed by atoms with Crippen LogP contribution in [0.4, 0.5) is 17.1 Å². The van der Waals surface area contributed by atoms with Crippen molar-refractivity contribution in [1.82, 2.24) is 0 Å². The third kappa shape index (κ3) is 8.30. The Bertz CT molecular complexity index is 4220. The van der Waals surface area contributed by atoms with Crippen molar-refractivity contribution in [2.75, 3.05) is 4.90 Å². The van der Waals surface area contributed by atoms with E-state index in [4.69, 9.17) is 0 Å². The van der Waals surface area contributed by atoms with Gasteiger partial charge in [-0.05, 0) is 154 Å². The highest BCUT2D eigenvalue weighted by Crippen LogP contribution is 2.57. The molecule has 13 aromatic rings. The Morgan fingerprint density at radius 1 is 0.205 bits per heavy atom. The average molecular weight is 992 g/mol. The highest BCUT2D eigenvalue weighted by atomic mass is 15.1. The summed E-state index contributed by atoms with van der Waals surface area (Å²) in [6.07, 6.45) is 0. The molecule has 0 aromatic heterocycles. The topological polar surface area (TPSA) is 3.24 Å². The third-order valence-corrected chi connectivity index (χ3v) is 16.0. The largest absolute Gasteiger partial charge is 0.310 e. The van der Waals surface area contributed by atoms with Crippen molar-refractivity contribution in [2.24, 2.45) is 0 Å². The lowest BCUT2D eigenvalue weighted by molar-refractivity contribution is 0.769. The number of nitrogens with zero attached hydrogens (tertiary/aromatic N) is 1. The van der Waals surface area contributed by atoms with Crippen molar-refractivity contribution >= 4 is 27.8 Å². The van der Waals surface area contributed by atoms with E-state index in [0.29, 0.717) is 0 Å². The molecule has 1 heteroatoms. The van der Waals surface area contributed by atoms with Gasteiger partial charge >= 0.3 is 0 Å². The molecular weight excluding hydrogens is 939 g/mol. The third-order valence-electron chi connectivity index (χ3n) is 16.0. The Balaban J connectivity index is 0.824. The Labute approximate surface area is 457 Å². The molecular formula is C77H53N. The van der Waals surface area contributed by atoms with Crippen LogP contribution in [0.15, 0.2) is 322 Å². The van der Waals surface area contributed by atoms with E-state index in [9.17, 15) is 0 Å². The zero-order valence-electron chi connectivity index (χ0n) is 43.0. The summed E-state index contributed by atoms with van der Waals surface area (Å²) in [5.74, 6) is 0. The van der Waals surface area contributed by atoms with Gasteiger partial charge in [-0.3, -0.25) is 0 Å². The van der Waals surface area contributed by atoms with Gasteiger partial charge in [0.05, 0.1) is 11.1 Å². The normalized spacial score (nSPS) is 12.2. The molecule has 0 saturated carbocycles. The summed E-state index contributed by atoms with van der Waals surface area (Å²) in [6.45, 7) is 0. The van der Waals surface area contributed by atoms with Gasteiger partial charge in [0.2, 0.25) is 0 Å². The van der Waals surface area contributed by atoms with E-state index in [1.807, 2.05) is 0 Å². The molecule has 13 aromatic carbocycles. The Morgan fingerprint density at radius 3 is 1.21 bits per heavy atom. The minimum atomic E-state index is -0.469. The summed E-state index contributed by atoms with van der Waals surface area (Å²) < 4.78 is 0. The molecule has 0 unspecified atom stereocenters. The van der Waals surface area contributed by atoms with Crippen molar-refractivity contribution < 1.29 is 0 Å². The summed E-state index contributed by atoms with van der Waals surface area (Å²) in [5.41, 5.74) is 24.7. The molecule has 0 radical (unpaired) electrons. The van der Waals surface area contributed by atoms with E-state index < -0.39 is 5.41 Å². The van der Waals surface area contributed by atoms with Crippen molar-refractivity contribution in [2.45, 2.75) is 5.41 Å². The monoisotopic (exact) mass is 991 g/mol. The van der Waals surface area contributed by atoms with Crippen molar-refractivity contribution in [3.05, 3.63) is 344 Å². The molecule has 0 bridgehead atoms. The van der Waals surface area contributed by atoms with E-state index in [1.54, 1.807) is 0 Å². The highest BCUT2D eigenvalue weighted by molar-refractivity contribution is 5.92. The molecule has 1 nitrogen and oxygen atoms in total. The molecule has 0 spiro atoms. The molecule has 0 aliphatic heterocycles. The van der Waals surface area contributed by atoms with E-state index in [2.05, 4.69) is 326 Å². The first-order chi connectivity index (χ1) is 38.7. The quantitative estimate of drug-likeness (QED) is 0.125. The lowest BCUT2D eigenvalue weighted by Crippen LogP contribution is -2.28. The molecule has 0 atom stereocenters. The molecule has 1 aliphatic carbocycles. The SMILES string of the molecule is c1ccc(-c2ccc(-c3ccccc3N(c3ccc(-c4ccc(-c5cccc(-c6ccc7ccccc7c6)c5)cc4)cc3)c3ccc(-c4ccc5c(c4)C(c4ccccc4)(c4ccccc4)c4ccccc4-5)cc3)cc2)cc1. The van der Waals surface area contributed by atoms with Gasteiger partial charge in [-0.2, -0.15) is 0 Å². The first-order valence-corrected chi connectivity index (χ1v) is 27.0. The Hall–Kier alpha value is -10.1. The fraction of sp³-hybridized carbons (Fsp3) is 0.0130. The molecule has 14 rings (SSSR count). The van der Waals surface area contributed by atoms with Crippen LogP contribution in [0.5, 0.6) is 0 Å². The predicted molar refractivity (Wildman–Crippen MR) is 329 cm³/mol. The van der Waals surface area contributed by atoms with Crippen LogP contribution in [0, 0.1) is 0 Å². The average Bonchev–Trinajstić information content (AvgIpc) is 4.04. The maximum atomic E-state index is 2.45. The molecule has 1 aliphatic rings. The maximum Gasteiger partial charge on any atom is 0.0713 e. The Morgan fingerprint density at radius 2 is 0.590 bits per heavy atom. The summed E-state index contributed by atoms with van der Waals surface area (Å²) in [4.78, 5) is 2.41. The number of hydrogen-bond donors (Lipinski definition) is 0. The van der Waals surface area contributed by atoms with Crippen LogP contribution in [-0.4, -0.2) is 0 Å². The summed E-state index contributed by atoms with van der Waals surface area (Å²) in [6, 6.07) is 118. The molecule has 0 heterocycles. The van der Waals surface area contributed by atoms with E-state index >= 15 is 0 Å². The summed E-state index contributed by atoms with van der Waals surface area (Å²) >= 11 is 0. The first kappa shape index (κ1) is 46.5. The van der Waals surface area contributed by atoms with Gasteiger partial charge in [-0.1, -0.05) is 273 Å². The molecule has 0 saturated heterocycles. The van der Waals surface area contributed by atoms with Crippen LogP contribution in [0.1, 0.15) is 22.3 Å². The highest BCUT2D eigenvalue weighted by Gasteiger charge is 2.46. The first-order valence-electron chi connectivity index (χ1n) is 27.0. The van der Waals surface area contributed by atoms with Gasteiger partial charge in [0.15, 0.2) is 0 Å². The lowest BCUT2D eigenvalue weighted by Gasteiger charge is -2.34. The van der Waals surface area contributed by atoms with Crippen molar-refractivity contribution in [3.8, 4) is 77.9 Å². The standard InChI is InChI=1S/C77H53N/c1-4-17-54(18-5-1)56-35-38-61(39-36-56)71-27-13-15-30-76(71)78(69-46-41-58(42-47-69)57-31-33-59(34-32-57)63-21-16-22-64(51-63)65-40-37-55-19-10-11-20-62(55)52-65)70-48-43-60(44-49-70)66-45-50-73-72-28-12-14-29-74(72)77(75(73)53-66,67-23-6-2-7-24-67)68-25-8-3-9-26-68/h1-53H. The number of benzene rings is 13. The van der Waals surface area contributed by atoms with Crippen LogP contribution in [-0.2, 0) is 5.41 Å². The van der Waals surface area contributed by atoms with E-state index in [0.717, 1.165) is 39.3 Å². The number of para-hydroxylation sites is 1. The van der Waals surface area contributed by atoms with Gasteiger partial charge in [0, 0.05) is 16.9 Å². The number of anilines is 3. The minimum Gasteiger partial charge on any atom is -0.310 e. The van der Waals surface area contributed by atoms with Gasteiger partial charge in [-0.15, -0.1) is 0 Å². The summed E-state index contributed by atoms with van der Waals surface area (Å²) in [7, 11) is 0. The van der Waals surface area contributed by atoms with Crippen molar-refractivity contribution in [3.63, 3.8) is 0 Å². The minimum absolute atomic E-state index is 0.469. The van der Waals surface area contributed by atoms with Crippen LogP contribution >= 0.6 is 0 Å². The van der Waals surface area contributed by atoms with Crippen LogP contribution in [0.3, 0.4) is 0 Å². The maximum absolute atomic E-state index is 2.45. The lowest BCUT2D eigenvalue weighted by atomic mass is 9.67. The number of rotatable bonds is 11. The fourth-order valence-corrected chi connectivity index (χ4v) is 12.1. The summed E-state index contributed by atoms with van der Waals surface area (Å²) in [5, 5.41) is 2.51. The van der Waals surface area contributed by atoms with Crippen molar-refractivity contribution in [1.29, 1.82) is 0 Å². The molecule has 366 valence electrons. The van der Waals surface area contributed by atoms with Crippen LogP contribution in [0.2, 0.25) is 0 Å². The zero-order valence-corrected chi connectivity index (χ0v) is 43.0. The Kier molecular flexibility index (Phi) is 11.8. The molecule has 0 fully saturated rings. The van der Waals surface area contributed by atoms with Gasteiger partial charge < -0.3 is 4.90 Å². The number of hydrogen-bond acceptors (Lipinski definition) is 1. The molecule has 0 N–H and O–H groups in total. The molecule has 0 amide bonds. The zero-order chi connectivity index (χ0) is 51.8. The second-order valence-electron chi connectivity index (χ2n) is 20.4. The van der Waals surface area contributed by atoms with E-state index in [1.165, 1.54) is 88.7 Å². The predicted octanol–water partition coefficient (Wildman–Crippen LogP) is 20.7. The van der Waals surface area contributed by atoms with Crippen LogP contribution in [0.25, 0.3) is 88.7 Å². The van der Waals surface area contributed by atoms with E-state index in [-0.39, 0.29) is 0 Å². The second kappa shape index (κ2) is 19.9. The van der Waals surface area contributed by atoms with Crippen LogP contribution < -0.4 is 4.90 Å². The van der Waals surface area contributed by atoms with Gasteiger partial charge in [-0.25, -0.2) is 0 Å². The number of fused-ring (bicyclic) bond motifs is 4.